The molecule has 1 N–H and O–H groups in total. The molecule has 0 atom stereocenters. The number of carbonyl (C=O) groups is 1. The molecule has 0 saturated carbocycles. The second-order valence-electron chi connectivity index (χ2n) is 6.23. The van der Waals surface area contributed by atoms with Crippen molar-refractivity contribution in [2.75, 3.05) is 37.0 Å². The highest BCUT2D eigenvalue weighted by atomic mass is 32.2. The van der Waals surface area contributed by atoms with Crippen molar-refractivity contribution in [3.05, 3.63) is 11.8 Å². The van der Waals surface area contributed by atoms with E-state index in [1.54, 1.807) is 6.21 Å². The van der Waals surface area contributed by atoms with Gasteiger partial charge in [0.05, 0.1) is 19.0 Å². The number of anilines is 1. The van der Waals surface area contributed by atoms with Gasteiger partial charge in [0.1, 0.15) is 5.82 Å². The molecule has 1 fully saturated rings. The highest BCUT2D eigenvalue weighted by Crippen LogP contribution is 2.19. The molecule has 144 valence electrons. The number of ether oxygens (including phenoxy) is 1. The fourth-order valence-electron chi connectivity index (χ4n) is 2.55. The number of rotatable bonds is 10. The van der Waals surface area contributed by atoms with Gasteiger partial charge in [-0.25, -0.2) is 15.4 Å². The lowest BCUT2D eigenvalue weighted by atomic mass is 10.2. The summed E-state index contributed by atoms with van der Waals surface area (Å²) in [7, 11) is 0. The van der Waals surface area contributed by atoms with Crippen LogP contribution in [0.15, 0.2) is 16.3 Å². The number of hydrazone groups is 1. The molecule has 7 nitrogen and oxygen atoms in total. The minimum Gasteiger partial charge on any atom is -0.378 e. The molecular weight excluding hydrogens is 350 g/mol. The van der Waals surface area contributed by atoms with Gasteiger partial charge in [0, 0.05) is 31.1 Å². The number of amides is 1. The number of aromatic nitrogens is 2. The van der Waals surface area contributed by atoms with Gasteiger partial charge in [-0.1, -0.05) is 37.9 Å². The first-order valence-corrected chi connectivity index (χ1v) is 10.3. The van der Waals surface area contributed by atoms with Crippen LogP contribution in [-0.2, 0) is 9.53 Å². The average molecular weight is 380 g/mol. The molecule has 26 heavy (non-hydrogen) atoms. The predicted molar refractivity (Wildman–Crippen MR) is 106 cm³/mol. The van der Waals surface area contributed by atoms with Crippen LogP contribution in [0.25, 0.3) is 0 Å². The summed E-state index contributed by atoms with van der Waals surface area (Å²) in [6.45, 7) is 7.21. The normalized spacial score (nSPS) is 14.8. The lowest BCUT2D eigenvalue weighted by Crippen LogP contribution is -2.36. The average Bonchev–Trinajstić information content (AvgIpc) is 2.66. The summed E-state index contributed by atoms with van der Waals surface area (Å²) in [6.07, 6.45) is 7.47. The third-order valence-corrected chi connectivity index (χ3v) is 4.80. The number of nitrogens with zero attached hydrogens (tertiary/aromatic N) is 4. The summed E-state index contributed by atoms with van der Waals surface area (Å²) in [4.78, 5) is 23.1. The first kappa shape index (κ1) is 20.6. The fraction of sp³-hybridized carbons (Fsp3) is 0.667. The van der Waals surface area contributed by atoms with Gasteiger partial charge in [-0.3, -0.25) is 4.79 Å². The lowest BCUT2D eigenvalue weighted by molar-refractivity contribution is -0.118. The van der Waals surface area contributed by atoms with Crippen LogP contribution in [0, 0.1) is 6.92 Å². The molecule has 2 rings (SSSR count). The topological polar surface area (TPSA) is 79.7 Å². The number of aryl methyl sites for hydroxylation is 1. The molecule has 0 bridgehead atoms. The van der Waals surface area contributed by atoms with Crippen molar-refractivity contribution in [1.82, 2.24) is 15.4 Å². The van der Waals surface area contributed by atoms with Gasteiger partial charge < -0.3 is 9.64 Å². The van der Waals surface area contributed by atoms with Crippen LogP contribution in [-0.4, -0.2) is 54.1 Å². The molecule has 8 heteroatoms. The molecule has 0 aromatic carbocycles. The number of hydrogen-bond acceptors (Lipinski definition) is 7. The van der Waals surface area contributed by atoms with Crippen molar-refractivity contribution >= 4 is 29.7 Å². The number of morpholine rings is 1. The van der Waals surface area contributed by atoms with E-state index in [0.717, 1.165) is 37.4 Å². The Morgan fingerprint density at radius 1 is 1.35 bits per heavy atom. The van der Waals surface area contributed by atoms with Gasteiger partial charge in [0.2, 0.25) is 0 Å². The van der Waals surface area contributed by atoms with E-state index in [-0.39, 0.29) is 11.7 Å². The number of thioether (sulfide) groups is 1. The van der Waals surface area contributed by atoms with Gasteiger partial charge in [-0.05, 0) is 19.8 Å². The van der Waals surface area contributed by atoms with Gasteiger partial charge in [0.15, 0.2) is 5.16 Å². The second kappa shape index (κ2) is 11.9. The van der Waals surface area contributed by atoms with Crippen molar-refractivity contribution < 1.29 is 9.53 Å². The van der Waals surface area contributed by atoms with Gasteiger partial charge >= 0.3 is 0 Å². The largest absolute Gasteiger partial charge is 0.378 e. The Morgan fingerprint density at radius 3 is 2.92 bits per heavy atom. The first-order valence-electron chi connectivity index (χ1n) is 9.30. The quantitative estimate of drug-likeness (QED) is 0.221. The second-order valence-corrected chi connectivity index (χ2v) is 7.18. The number of unbranched alkanes of at least 4 members (excludes halogenated alkanes) is 4. The minimum absolute atomic E-state index is 0.141. The Bertz CT molecular complexity index is 591. The Kier molecular flexibility index (Phi) is 9.41. The van der Waals surface area contributed by atoms with E-state index >= 15 is 0 Å². The summed E-state index contributed by atoms with van der Waals surface area (Å²) < 4.78 is 5.38. The predicted octanol–water partition coefficient (Wildman–Crippen LogP) is 2.79. The van der Waals surface area contributed by atoms with Crippen molar-refractivity contribution in [3.8, 4) is 0 Å². The van der Waals surface area contributed by atoms with Crippen LogP contribution < -0.4 is 10.3 Å². The number of nitrogens with one attached hydrogen (secondary N) is 1. The molecule has 1 aliphatic rings. The molecule has 1 aromatic rings. The van der Waals surface area contributed by atoms with Crippen LogP contribution in [0.2, 0.25) is 0 Å². The van der Waals surface area contributed by atoms with Crippen LogP contribution in [0.1, 0.15) is 44.7 Å². The van der Waals surface area contributed by atoms with Gasteiger partial charge in [0.25, 0.3) is 5.91 Å². The maximum Gasteiger partial charge on any atom is 0.250 e. The minimum atomic E-state index is -0.141. The standard InChI is InChI=1S/C18H29N5O2S/c1-3-4-5-6-7-8-19-22-17(24)14-26-18-20-15(2)13-16(21-18)23-9-11-25-12-10-23/h8,13H,3-7,9-12,14H2,1-2H3,(H,22,24)/b19-8+. The van der Waals surface area contributed by atoms with E-state index in [0.29, 0.717) is 18.4 Å². The van der Waals surface area contributed by atoms with Crippen molar-refractivity contribution in [3.63, 3.8) is 0 Å². The Morgan fingerprint density at radius 2 is 2.15 bits per heavy atom. The molecule has 0 aliphatic carbocycles. The molecule has 1 amide bonds. The number of hydrogen-bond donors (Lipinski definition) is 1. The summed E-state index contributed by atoms with van der Waals surface area (Å²) in [6, 6.07) is 1.97. The third kappa shape index (κ3) is 7.70. The highest BCUT2D eigenvalue weighted by molar-refractivity contribution is 7.99. The highest BCUT2D eigenvalue weighted by Gasteiger charge is 2.14. The van der Waals surface area contributed by atoms with Crippen LogP contribution >= 0.6 is 11.8 Å². The smallest absolute Gasteiger partial charge is 0.250 e. The van der Waals surface area contributed by atoms with Gasteiger partial charge in [-0.2, -0.15) is 5.10 Å². The van der Waals surface area contributed by atoms with E-state index in [2.05, 4.69) is 32.3 Å². The summed E-state index contributed by atoms with van der Waals surface area (Å²) in [5, 5.41) is 4.60. The van der Waals surface area contributed by atoms with Crippen LogP contribution in [0.5, 0.6) is 0 Å². The zero-order valence-electron chi connectivity index (χ0n) is 15.7. The Labute approximate surface area is 160 Å². The SMILES string of the molecule is CCCCCC/C=N/NC(=O)CSc1nc(C)cc(N2CCOCC2)n1. The molecule has 1 saturated heterocycles. The summed E-state index contributed by atoms with van der Waals surface area (Å²) >= 11 is 1.33. The zero-order valence-corrected chi connectivity index (χ0v) is 16.6. The first-order chi connectivity index (χ1) is 12.7. The van der Waals surface area contributed by atoms with E-state index < -0.39 is 0 Å². The maximum absolute atomic E-state index is 11.9. The van der Waals surface area contributed by atoms with Crippen molar-refractivity contribution in [2.24, 2.45) is 5.10 Å². The van der Waals surface area contributed by atoms with Crippen molar-refractivity contribution in [2.45, 2.75) is 51.1 Å². The zero-order chi connectivity index (χ0) is 18.6. The Balaban J connectivity index is 1.75. The molecular formula is C18H29N5O2S. The lowest BCUT2D eigenvalue weighted by Gasteiger charge is -2.28. The fourth-order valence-corrected chi connectivity index (χ4v) is 3.24. The van der Waals surface area contributed by atoms with Crippen LogP contribution in [0.4, 0.5) is 5.82 Å². The monoisotopic (exact) mass is 379 g/mol. The van der Waals surface area contributed by atoms with E-state index in [4.69, 9.17) is 4.74 Å². The molecule has 2 heterocycles. The van der Waals surface area contributed by atoms with E-state index in [1.807, 2.05) is 13.0 Å². The molecule has 1 aliphatic heterocycles. The van der Waals surface area contributed by atoms with E-state index in [1.165, 1.54) is 31.0 Å². The van der Waals surface area contributed by atoms with Crippen molar-refractivity contribution in [1.29, 1.82) is 0 Å². The molecule has 0 unspecified atom stereocenters. The molecule has 1 aromatic heterocycles. The Hall–Kier alpha value is -1.67. The molecule has 0 radical (unpaired) electrons. The van der Waals surface area contributed by atoms with Crippen LogP contribution in [0.3, 0.4) is 0 Å². The van der Waals surface area contributed by atoms with E-state index in [9.17, 15) is 4.79 Å². The third-order valence-electron chi connectivity index (χ3n) is 3.95. The van der Waals surface area contributed by atoms with Gasteiger partial charge in [-0.15, -0.1) is 0 Å². The maximum atomic E-state index is 11.9. The summed E-state index contributed by atoms with van der Waals surface area (Å²) in [5.41, 5.74) is 3.46. The summed E-state index contributed by atoms with van der Waals surface area (Å²) in [5.74, 6) is 1.01. The molecule has 0 spiro atoms. The number of carbonyl (C=O) groups excluding carboxylic acids is 1.